The van der Waals surface area contributed by atoms with E-state index in [0.717, 1.165) is 42.9 Å². The van der Waals surface area contributed by atoms with E-state index < -0.39 is 23.2 Å². The van der Waals surface area contributed by atoms with Crippen LogP contribution in [0.15, 0.2) is 118 Å². The average molecular weight is 903 g/mol. The van der Waals surface area contributed by atoms with Gasteiger partial charge in [-0.3, -0.25) is 9.59 Å². The minimum atomic E-state index is -2.59. The average Bonchev–Trinajstić information content (AvgIpc) is 3.99. The Labute approximate surface area is 393 Å². The summed E-state index contributed by atoms with van der Waals surface area (Å²) in [5.41, 5.74) is 6.99. The van der Waals surface area contributed by atoms with Gasteiger partial charge >= 0.3 is 11.9 Å². The lowest BCUT2D eigenvalue weighted by molar-refractivity contribution is -0.156. The predicted octanol–water partition coefficient (Wildman–Crippen LogP) is 11.5. The molecule has 5 atom stereocenters. The number of hydrogen-bond donors (Lipinski definition) is 3. The highest BCUT2D eigenvalue weighted by atomic mass is 16.5. The molecular weight excluding hydrogens is 829 g/mol. The van der Waals surface area contributed by atoms with Crippen molar-refractivity contribution in [3.8, 4) is 0 Å². The van der Waals surface area contributed by atoms with Crippen LogP contribution in [0.1, 0.15) is 153 Å². The van der Waals surface area contributed by atoms with Crippen molar-refractivity contribution in [1.82, 2.24) is 5.32 Å². The SMILES string of the molecule is CCC1=C(C)C2=NC1=CC1=C(C)C3=C(O)[C@@](O)(C(=O)OC)C(=C4NC(=CC5=NC(=C2)C(C(C)=O)=C5C)[C@@H](C)[C@@H]4CCC(=O)OC/C=C(\C)CCC[C@H](C)CCC[C@H](C)CCCC(C)C)C3=N1. The van der Waals surface area contributed by atoms with E-state index in [0.29, 0.717) is 69.0 Å². The van der Waals surface area contributed by atoms with Crippen molar-refractivity contribution in [2.24, 2.45) is 44.6 Å². The quantitative estimate of drug-likeness (QED) is 0.0804. The number of carbonyl (C=O) groups is 3. The van der Waals surface area contributed by atoms with Gasteiger partial charge in [-0.05, 0) is 125 Å². The molecule has 5 heterocycles. The van der Waals surface area contributed by atoms with Gasteiger partial charge in [-0.1, -0.05) is 92.1 Å². The van der Waals surface area contributed by atoms with Gasteiger partial charge in [0.05, 0.1) is 41.3 Å². The fourth-order valence-corrected chi connectivity index (χ4v) is 10.4. The zero-order chi connectivity index (χ0) is 48.2. The van der Waals surface area contributed by atoms with E-state index in [-0.39, 0.29) is 54.0 Å². The summed E-state index contributed by atoms with van der Waals surface area (Å²) < 4.78 is 10.9. The molecule has 0 aromatic rings. The lowest BCUT2D eigenvalue weighted by atomic mass is 9.83. The van der Waals surface area contributed by atoms with Gasteiger partial charge < -0.3 is 25.0 Å². The van der Waals surface area contributed by atoms with Crippen molar-refractivity contribution in [2.75, 3.05) is 13.7 Å². The van der Waals surface area contributed by atoms with Crippen LogP contribution in [-0.2, 0) is 23.9 Å². The second-order valence-electron chi connectivity index (χ2n) is 20.0. The number of carbonyl (C=O) groups excluding carboxylic acids is 3. The molecule has 1 aliphatic carbocycles. The van der Waals surface area contributed by atoms with E-state index in [4.69, 9.17) is 24.5 Å². The first-order chi connectivity index (χ1) is 31.3. The molecule has 5 aliphatic heterocycles. The largest absolute Gasteiger partial charge is 0.507 e. The minimum Gasteiger partial charge on any atom is -0.507 e. The third-order valence-corrected chi connectivity index (χ3v) is 14.6. The van der Waals surface area contributed by atoms with Crippen LogP contribution < -0.4 is 5.32 Å². The molecule has 1 saturated heterocycles. The smallest absolute Gasteiger partial charge is 0.350 e. The van der Waals surface area contributed by atoms with Gasteiger partial charge in [-0.25, -0.2) is 19.8 Å². The maximum atomic E-state index is 13.7. The highest BCUT2D eigenvalue weighted by Gasteiger charge is 2.59. The lowest BCUT2D eigenvalue weighted by Gasteiger charge is -2.26. The number of aliphatic hydroxyl groups is 2. The molecule has 6 aliphatic rings. The zero-order valence-corrected chi connectivity index (χ0v) is 41.7. The first kappa shape index (κ1) is 50.3. The summed E-state index contributed by atoms with van der Waals surface area (Å²) in [4.78, 5) is 55.4. The number of esters is 2. The number of nitrogens with zero attached hydrogens (tertiary/aromatic N) is 3. The molecule has 3 N–H and O–H groups in total. The van der Waals surface area contributed by atoms with Gasteiger partial charge in [0, 0.05) is 46.4 Å². The third kappa shape index (κ3) is 10.4. The Hall–Kier alpha value is -5.16. The van der Waals surface area contributed by atoms with Gasteiger partial charge in [-0.2, -0.15) is 0 Å². The van der Waals surface area contributed by atoms with Crippen molar-refractivity contribution in [2.45, 2.75) is 159 Å². The molecule has 66 heavy (non-hydrogen) atoms. The molecule has 0 saturated carbocycles. The molecule has 0 radical (unpaired) electrons. The normalized spacial score (nSPS) is 23.6. The molecule has 0 amide bonds. The Morgan fingerprint density at radius 3 is 2.12 bits per heavy atom. The van der Waals surface area contributed by atoms with Gasteiger partial charge in [0.1, 0.15) is 6.61 Å². The van der Waals surface area contributed by atoms with Crippen molar-refractivity contribution in [3.63, 3.8) is 0 Å². The Balaban J connectivity index is 1.23. The second-order valence-corrected chi connectivity index (χ2v) is 20.0. The molecule has 8 bridgehead atoms. The molecule has 1 fully saturated rings. The topological polar surface area (TPSA) is 159 Å². The molecule has 0 spiro atoms. The summed E-state index contributed by atoms with van der Waals surface area (Å²) in [6.45, 7) is 22.9. The predicted molar refractivity (Wildman–Crippen MR) is 264 cm³/mol. The fourth-order valence-electron chi connectivity index (χ4n) is 10.4. The monoisotopic (exact) mass is 903 g/mol. The van der Waals surface area contributed by atoms with Crippen LogP contribution in [0, 0.1) is 29.6 Å². The first-order valence-electron chi connectivity index (χ1n) is 24.5. The third-order valence-electron chi connectivity index (χ3n) is 14.6. The molecule has 11 heteroatoms. The van der Waals surface area contributed by atoms with E-state index >= 15 is 0 Å². The number of nitrogens with one attached hydrogen (secondary N) is 1. The Bertz CT molecular complexity index is 2410. The highest BCUT2D eigenvalue weighted by molar-refractivity contribution is 6.27. The van der Waals surface area contributed by atoms with Crippen LogP contribution in [-0.4, -0.2) is 64.4 Å². The molecule has 356 valence electrons. The molecule has 0 aromatic heterocycles. The highest BCUT2D eigenvalue weighted by Crippen LogP contribution is 2.51. The van der Waals surface area contributed by atoms with E-state index in [9.17, 15) is 24.6 Å². The number of hydrogen-bond acceptors (Lipinski definition) is 11. The number of Topliss-reactive ketones (excluding diaryl/α,β-unsaturated/α-hetero) is 1. The molecule has 6 rings (SSSR count). The van der Waals surface area contributed by atoms with E-state index in [2.05, 4.69) is 39.9 Å². The number of ether oxygens (including phenoxy) is 2. The van der Waals surface area contributed by atoms with E-state index in [1.165, 1.54) is 57.4 Å². The maximum Gasteiger partial charge on any atom is 0.350 e. The second kappa shape index (κ2) is 21.2. The van der Waals surface area contributed by atoms with Gasteiger partial charge in [0.2, 0.25) is 5.60 Å². The summed E-state index contributed by atoms with van der Waals surface area (Å²) in [6.07, 6.45) is 19.7. The molecular formula is C55H74N4O7. The van der Waals surface area contributed by atoms with Gasteiger partial charge in [-0.15, -0.1) is 0 Å². The minimum absolute atomic E-state index is 0.0539. The summed E-state index contributed by atoms with van der Waals surface area (Å²) in [7, 11) is 1.16. The lowest BCUT2D eigenvalue weighted by Crippen LogP contribution is -2.44. The zero-order valence-electron chi connectivity index (χ0n) is 41.7. The maximum absolute atomic E-state index is 13.7. The number of rotatable bonds is 20. The van der Waals surface area contributed by atoms with Crippen molar-refractivity contribution >= 4 is 34.9 Å². The Kier molecular flexibility index (Phi) is 16.1. The van der Waals surface area contributed by atoms with Crippen LogP contribution in [0.2, 0.25) is 0 Å². The standard InChI is InChI=1S/C55H74N4O7/c1-13-39-34(7)41-29-46-48(38(11)60)36(9)43(57-46)27-42-35(8)40(23-24-47(61)66-26-25-33(6)22-16-21-32(5)20-15-19-31(4)18-14-17-30(2)3)51(58-42)50-52-49(53(62)55(50,64)54(63)65-12)37(10)44(59-52)28-45(39)56-41/h25,27-32,35,40,58,62,64H,13-24,26H2,1-12H3/b33-25+,42-27?,45-28?,46-29?,51-50?/t31-,32-,35+,40+,55-/m1/s1. The summed E-state index contributed by atoms with van der Waals surface area (Å²) in [5.74, 6) is -0.621. The van der Waals surface area contributed by atoms with E-state index in [1.54, 1.807) is 6.92 Å². The van der Waals surface area contributed by atoms with Crippen molar-refractivity contribution in [1.29, 1.82) is 0 Å². The number of allylic oxidation sites excluding steroid dienone is 12. The van der Waals surface area contributed by atoms with E-state index in [1.807, 2.05) is 52.0 Å². The molecule has 0 aromatic carbocycles. The fraction of sp³-hybridized carbons (Fsp3) is 0.564. The number of fused-ring (bicyclic) bond motifs is 5. The van der Waals surface area contributed by atoms with Crippen LogP contribution in [0.3, 0.4) is 0 Å². The summed E-state index contributed by atoms with van der Waals surface area (Å²) in [6, 6.07) is 0. The van der Waals surface area contributed by atoms with Gasteiger partial charge in [0.25, 0.3) is 0 Å². The molecule has 0 unspecified atom stereocenters. The number of ketones is 1. The van der Waals surface area contributed by atoms with Crippen LogP contribution in [0.5, 0.6) is 0 Å². The van der Waals surface area contributed by atoms with Gasteiger partial charge in [0.15, 0.2) is 11.5 Å². The Morgan fingerprint density at radius 2 is 1.48 bits per heavy atom. The number of aliphatic hydroxyl groups excluding tert-OH is 1. The molecule has 11 nitrogen and oxygen atoms in total. The Morgan fingerprint density at radius 1 is 0.848 bits per heavy atom. The van der Waals surface area contributed by atoms with Crippen molar-refractivity contribution < 1.29 is 34.1 Å². The van der Waals surface area contributed by atoms with Crippen LogP contribution in [0.4, 0.5) is 0 Å². The number of methoxy groups -OCH3 is 1. The first-order valence-corrected chi connectivity index (χ1v) is 24.5. The van der Waals surface area contributed by atoms with Crippen LogP contribution >= 0.6 is 0 Å². The van der Waals surface area contributed by atoms with Crippen LogP contribution in [0.25, 0.3) is 0 Å². The van der Waals surface area contributed by atoms with Crippen molar-refractivity contribution in [3.05, 3.63) is 103 Å². The summed E-state index contributed by atoms with van der Waals surface area (Å²) in [5, 5.41) is 27.8. The number of aliphatic imine (C=N–C) groups is 3. The summed E-state index contributed by atoms with van der Waals surface area (Å²) >= 11 is 0.